The van der Waals surface area contributed by atoms with Crippen molar-refractivity contribution in [3.63, 3.8) is 0 Å². The SMILES string of the molecule is CC(C)(C)c1ccc2c(c1)-c1cc(C(C)(C)C)ccc1C2=Cc1ccc2c(c1)-c1cc(-n3c4ccc(C(C)(C)C)cc4c4cc(C(C)(C)C)ccc43)ccc1S2(=O)=O. The van der Waals surface area contributed by atoms with E-state index >= 15 is 0 Å². The molecule has 0 N–H and O–H groups in total. The fourth-order valence-electron chi connectivity index (χ4n) is 8.94. The van der Waals surface area contributed by atoms with Crippen LogP contribution >= 0.6 is 0 Å². The summed E-state index contributed by atoms with van der Waals surface area (Å²) in [6.45, 7) is 27.1. The highest BCUT2D eigenvalue weighted by Crippen LogP contribution is 2.50. The van der Waals surface area contributed by atoms with E-state index in [4.69, 9.17) is 0 Å². The minimum Gasteiger partial charge on any atom is -0.309 e. The standard InChI is InChI=1S/C54H55NO2S/c1-51(2,3)33-14-19-38-40(39-20-15-34(52(4,5)6)28-42(39)41(38)27-33)25-32-13-23-49-45(26-32)46-31-37(18-24-50(46)58(49,56)57)55-47-21-16-35(53(7,8)9)29-43(47)44-30-36(54(10,11)12)17-22-48(44)55/h13-31H,1-12H3. The first-order valence-corrected chi connectivity index (χ1v) is 22.2. The lowest BCUT2D eigenvalue weighted by molar-refractivity contribution is 0.589. The van der Waals surface area contributed by atoms with Crippen molar-refractivity contribution in [1.29, 1.82) is 0 Å². The zero-order chi connectivity index (χ0) is 41.5. The van der Waals surface area contributed by atoms with Crippen LogP contribution in [0.2, 0.25) is 0 Å². The second-order valence-corrected chi connectivity index (χ2v) is 22.7. The van der Waals surface area contributed by atoms with Crippen LogP contribution in [0, 0.1) is 0 Å². The minimum absolute atomic E-state index is 0.00368. The van der Waals surface area contributed by atoms with Crippen LogP contribution in [0.15, 0.2) is 119 Å². The summed E-state index contributed by atoms with van der Waals surface area (Å²) in [6.07, 6.45) is 2.25. The molecule has 6 aromatic carbocycles. The highest BCUT2D eigenvalue weighted by molar-refractivity contribution is 7.92. The third kappa shape index (κ3) is 6.01. The Morgan fingerprint density at radius 3 is 1.29 bits per heavy atom. The molecule has 1 aliphatic heterocycles. The molecule has 294 valence electrons. The maximum Gasteiger partial charge on any atom is 0.207 e. The predicted molar refractivity (Wildman–Crippen MR) is 245 cm³/mol. The number of fused-ring (bicyclic) bond motifs is 9. The first-order chi connectivity index (χ1) is 27.0. The molecule has 0 unspecified atom stereocenters. The van der Waals surface area contributed by atoms with Gasteiger partial charge >= 0.3 is 0 Å². The number of hydrogen-bond acceptors (Lipinski definition) is 2. The number of sulfone groups is 1. The van der Waals surface area contributed by atoms with Gasteiger partial charge in [-0.2, -0.15) is 0 Å². The van der Waals surface area contributed by atoms with Gasteiger partial charge in [-0.25, -0.2) is 8.42 Å². The Labute approximate surface area is 345 Å². The number of hydrogen-bond donors (Lipinski definition) is 0. The Bertz CT molecular complexity index is 2900. The van der Waals surface area contributed by atoms with Crippen LogP contribution in [0.1, 0.15) is 122 Å². The normalized spacial score (nSPS) is 14.8. The van der Waals surface area contributed by atoms with Gasteiger partial charge in [0.25, 0.3) is 0 Å². The average Bonchev–Trinajstić information content (AvgIpc) is 3.71. The van der Waals surface area contributed by atoms with Crippen LogP contribution in [0.4, 0.5) is 0 Å². The summed E-state index contributed by atoms with van der Waals surface area (Å²) in [7, 11) is -3.69. The molecular weight excluding hydrogens is 727 g/mol. The van der Waals surface area contributed by atoms with Crippen LogP contribution in [-0.2, 0) is 31.5 Å². The Balaban J connectivity index is 1.22. The molecule has 0 radical (unpaired) electrons. The monoisotopic (exact) mass is 781 g/mol. The first kappa shape index (κ1) is 38.3. The summed E-state index contributed by atoms with van der Waals surface area (Å²) in [5.41, 5.74) is 16.9. The zero-order valence-corrected chi connectivity index (χ0v) is 37.0. The minimum atomic E-state index is -3.69. The number of aromatic nitrogens is 1. The van der Waals surface area contributed by atoms with E-state index in [0.29, 0.717) is 9.79 Å². The Kier molecular flexibility index (Phi) is 8.20. The average molecular weight is 782 g/mol. The van der Waals surface area contributed by atoms with E-state index < -0.39 is 9.84 Å². The number of rotatable bonds is 2. The molecule has 3 nitrogen and oxygen atoms in total. The van der Waals surface area contributed by atoms with Crippen molar-refractivity contribution in [1.82, 2.24) is 4.57 Å². The topological polar surface area (TPSA) is 39.1 Å². The summed E-state index contributed by atoms with van der Waals surface area (Å²) in [5.74, 6) is 0. The number of nitrogens with zero attached hydrogens (tertiary/aromatic N) is 1. The van der Waals surface area contributed by atoms with Crippen molar-refractivity contribution < 1.29 is 8.42 Å². The van der Waals surface area contributed by atoms with E-state index in [1.165, 1.54) is 55.3 Å². The fraction of sp³-hybridized carbons (Fsp3) is 0.296. The molecule has 1 aromatic heterocycles. The molecule has 7 aromatic rings. The lowest BCUT2D eigenvalue weighted by Crippen LogP contribution is -2.11. The third-order valence-corrected chi connectivity index (χ3v) is 14.4. The van der Waals surface area contributed by atoms with Gasteiger partial charge in [0.05, 0.1) is 20.8 Å². The molecule has 1 aliphatic carbocycles. The fourth-order valence-corrected chi connectivity index (χ4v) is 10.6. The molecule has 2 heterocycles. The van der Waals surface area contributed by atoms with E-state index in [1.54, 1.807) is 6.07 Å². The van der Waals surface area contributed by atoms with E-state index in [2.05, 4.69) is 179 Å². The summed E-state index contributed by atoms with van der Waals surface area (Å²) in [5, 5.41) is 2.41. The molecule has 4 heteroatoms. The predicted octanol–water partition coefficient (Wildman–Crippen LogP) is 14.4. The Morgan fingerprint density at radius 2 is 0.828 bits per heavy atom. The molecule has 0 bridgehead atoms. The summed E-state index contributed by atoms with van der Waals surface area (Å²) < 4.78 is 30.6. The lowest BCUT2D eigenvalue weighted by Gasteiger charge is -2.21. The summed E-state index contributed by atoms with van der Waals surface area (Å²) >= 11 is 0. The molecule has 0 saturated carbocycles. The molecular formula is C54H55NO2S. The molecule has 0 fully saturated rings. The van der Waals surface area contributed by atoms with Gasteiger partial charge in [0.1, 0.15) is 0 Å². The van der Waals surface area contributed by atoms with Crippen molar-refractivity contribution in [2.75, 3.05) is 0 Å². The van der Waals surface area contributed by atoms with Crippen LogP contribution in [0.3, 0.4) is 0 Å². The van der Waals surface area contributed by atoms with Crippen molar-refractivity contribution in [3.05, 3.63) is 148 Å². The molecule has 0 atom stereocenters. The first-order valence-electron chi connectivity index (χ1n) is 20.7. The van der Waals surface area contributed by atoms with Gasteiger partial charge in [-0.05, 0) is 150 Å². The Hall–Kier alpha value is -5.19. The second-order valence-electron chi connectivity index (χ2n) is 20.8. The van der Waals surface area contributed by atoms with Crippen LogP contribution in [-0.4, -0.2) is 13.0 Å². The summed E-state index contributed by atoms with van der Waals surface area (Å²) in [4.78, 5) is 0.730. The van der Waals surface area contributed by atoms with Gasteiger partial charge < -0.3 is 4.57 Å². The van der Waals surface area contributed by atoms with Gasteiger partial charge in [-0.3, -0.25) is 0 Å². The van der Waals surface area contributed by atoms with E-state index in [1.807, 2.05) is 18.2 Å². The van der Waals surface area contributed by atoms with E-state index in [9.17, 15) is 8.42 Å². The molecule has 2 aliphatic rings. The van der Waals surface area contributed by atoms with E-state index in [0.717, 1.165) is 39.0 Å². The van der Waals surface area contributed by atoms with Crippen molar-refractivity contribution in [3.8, 4) is 27.9 Å². The highest BCUT2D eigenvalue weighted by atomic mass is 32.2. The molecule has 0 amide bonds. The van der Waals surface area contributed by atoms with Gasteiger partial charge in [-0.1, -0.05) is 126 Å². The smallest absolute Gasteiger partial charge is 0.207 e. The molecule has 9 rings (SSSR count). The molecule has 58 heavy (non-hydrogen) atoms. The van der Waals surface area contributed by atoms with Crippen molar-refractivity contribution >= 4 is 43.3 Å². The van der Waals surface area contributed by atoms with Gasteiger partial charge in [0.2, 0.25) is 9.84 Å². The van der Waals surface area contributed by atoms with Gasteiger partial charge in [0, 0.05) is 27.6 Å². The lowest BCUT2D eigenvalue weighted by atomic mass is 9.83. The number of benzene rings is 6. The maximum atomic E-state index is 14.1. The van der Waals surface area contributed by atoms with Crippen molar-refractivity contribution in [2.45, 2.75) is 115 Å². The highest BCUT2D eigenvalue weighted by Gasteiger charge is 2.34. The van der Waals surface area contributed by atoms with Gasteiger partial charge in [-0.15, -0.1) is 0 Å². The molecule has 0 saturated heterocycles. The largest absolute Gasteiger partial charge is 0.309 e. The third-order valence-electron chi connectivity index (χ3n) is 12.5. The Morgan fingerprint density at radius 1 is 0.414 bits per heavy atom. The second kappa shape index (κ2) is 12.4. The summed E-state index contributed by atoms with van der Waals surface area (Å²) in [6, 6.07) is 39.2. The zero-order valence-electron chi connectivity index (χ0n) is 36.1. The van der Waals surface area contributed by atoms with Crippen LogP contribution in [0.5, 0.6) is 0 Å². The van der Waals surface area contributed by atoms with Crippen molar-refractivity contribution in [2.24, 2.45) is 0 Å². The maximum absolute atomic E-state index is 14.1. The van der Waals surface area contributed by atoms with Crippen LogP contribution < -0.4 is 0 Å². The quantitative estimate of drug-likeness (QED) is 0.175. The van der Waals surface area contributed by atoms with E-state index in [-0.39, 0.29) is 21.7 Å². The van der Waals surface area contributed by atoms with Gasteiger partial charge in [0.15, 0.2) is 0 Å². The molecule has 0 spiro atoms. The van der Waals surface area contributed by atoms with Crippen LogP contribution in [0.25, 0.3) is 61.4 Å².